The highest BCUT2D eigenvalue weighted by Gasteiger charge is 2.42. The van der Waals surface area contributed by atoms with Crippen molar-refractivity contribution >= 4 is 11.8 Å². The highest BCUT2D eigenvalue weighted by atomic mass is 16.5. The molecule has 26 heavy (non-hydrogen) atoms. The number of para-hydroxylation sites is 1. The molecule has 7 heteroatoms. The van der Waals surface area contributed by atoms with Crippen molar-refractivity contribution in [1.82, 2.24) is 15.2 Å². The summed E-state index contributed by atoms with van der Waals surface area (Å²) in [7, 11) is 0. The number of hydrogen-bond donors (Lipinski definition) is 1. The Kier molecular flexibility index (Phi) is 3.94. The van der Waals surface area contributed by atoms with E-state index in [9.17, 15) is 9.59 Å². The maximum atomic E-state index is 12.9. The van der Waals surface area contributed by atoms with Gasteiger partial charge in [-0.1, -0.05) is 12.1 Å². The topological polar surface area (TPSA) is 84.7 Å². The van der Waals surface area contributed by atoms with Crippen LogP contribution in [0.3, 0.4) is 0 Å². The third kappa shape index (κ3) is 2.83. The molecule has 4 rings (SSSR count). The van der Waals surface area contributed by atoms with E-state index in [0.29, 0.717) is 42.5 Å². The Morgan fingerprint density at radius 1 is 1.31 bits per heavy atom. The fourth-order valence-electron chi connectivity index (χ4n) is 3.72. The second-order valence-electron chi connectivity index (χ2n) is 6.94. The predicted molar refractivity (Wildman–Crippen MR) is 93.2 cm³/mol. The fraction of sp³-hybridized carbons (Fsp3) is 0.421. The van der Waals surface area contributed by atoms with Gasteiger partial charge in [-0.05, 0) is 31.9 Å². The van der Waals surface area contributed by atoms with Gasteiger partial charge in [-0.15, -0.1) is 0 Å². The van der Waals surface area contributed by atoms with Crippen LogP contribution < -0.4 is 10.1 Å². The number of piperidine rings is 1. The minimum atomic E-state index is -0.640. The summed E-state index contributed by atoms with van der Waals surface area (Å²) in [5.74, 6) is 0.975. The van der Waals surface area contributed by atoms with Crippen LogP contribution in [0.1, 0.15) is 45.3 Å². The molecule has 1 atom stereocenters. The van der Waals surface area contributed by atoms with Crippen LogP contribution in [0.2, 0.25) is 0 Å². The number of ether oxygens (including phenoxy) is 1. The number of fused-ring (bicyclic) bond motifs is 1. The van der Waals surface area contributed by atoms with Gasteiger partial charge in [0, 0.05) is 13.5 Å². The lowest BCUT2D eigenvalue weighted by Gasteiger charge is -2.41. The van der Waals surface area contributed by atoms with Gasteiger partial charge in [0.15, 0.2) is 5.89 Å². The molecule has 1 aromatic heterocycles. The van der Waals surface area contributed by atoms with Crippen molar-refractivity contribution in [3.05, 3.63) is 47.2 Å². The van der Waals surface area contributed by atoms with E-state index in [1.54, 1.807) is 30.9 Å². The lowest BCUT2D eigenvalue weighted by molar-refractivity contribution is -0.00208. The Hall–Kier alpha value is -2.83. The Balaban J connectivity index is 1.61. The van der Waals surface area contributed by atoms with Crippen LogP contribution in [0.15, 0.2) is 28.7 Å². The number of likely N-dealkylation sites (tertiary alicyclic amines) is 1. The highest BCUT2D eigenvalue weighted by Crippen LogP contribution is 2.32. The van der Waals surface area contributed by atoms with Crippen molar-refractivity contribution in [3.63, 3.8) is 0 Å². The molecular weight excluding hydrogens is 334 g/mol. The molecule has 1 unspecified atom stereocenters. The van der Waals surface area contributed by atoms with Crippen molar-refractivity contribution in [2.24, 2.45) is 0 Å². The molecule has 0 aliphatic carbocycles. The molecule has 7 nitrogen and oxygen atoms in total. The number of benzene rings is 1. The van der Waals surface area contributed by atoms with Gasteiger partial charge in [-0.3, -0.25) is 9.59 Å². The zero-order valence-electron chi connectivity index (χ0n) is 14.9. The summed E-state index contributed by atoms with van der Waals surface area (Å²) in [6.07, 6.45) is 1.55. The summed E-state index contributed by atoms with van der Waals surface area (Å²) in [5, 5.41) is 2.94. The normalized spacial score (nSPS) is 22.4. The molecule has 1 aromatic carbocycles. The lowest BCUT2D eigenvalue weighted by Crippen LogP contribution is -2.57. The van der Waals surface area contributed by atoms with Crippen LogP contribution in [0, 0.1) is 13.8 Å². The molecule has 2 aliphatic heterocycles. The number of hydrogen-bond acceptors (Lipinski definition) is 5. The van der Waals surface area contributed by atoms with Gasteiger partial charge < -0.3 is 19.4 Å². The van der Waals surface area contributed by atoms with Crippen LogP contribution in [0.4, 0.5) is 0 Å². The minimum absolute atomic E-state index is 0.150. The number of aromatic nitrogens is 1. The van der Waals surface area contributed by atoms with Crippen molar-refractivity contribution in [3.8, 4) is 5.75 Å². The molecule has 1 N–H and O–H groups in total. The number of carbonyl (C=O) groups excluding carboxylic acids is 2. The van der Waals surface area contributed by atoms with E-state index < -0.39 is 5.60 Å². The molecule has 3 heterocycles. The Morgan fingerprint density at radius 2 is 2.12 bits per heavy atom. The van der Waals surface area contributed by atoms with E-state index in [0.717, 1.165) is 12.8 Å². The zero-order chi connectivity index (χ0) is 18.3. The van der Waals surface area contributed by atoms with Gasteiger partial charge in [-0.2, -0.15) is 0 Å². The molecule has 1 saturated heterocycles. The first-order valence-corrected chi connectivity index (χ1v) is 8.77. The monoisotopic (exact) mass is 355 g/mol. The molecule has 136 valence electrons. The summed E-state index contributed by atoms with van der Waals surface area (Å²) in [6.45, 7) is 4.86. The van der Waals surface area contributed by atoms with Crippen molar-refractivity contribution in [2.45, 2.75) is 32.3 Å². The molecule has 2 aromatic rings. The third-order valence-electron chi connectivity index (χ3n) is 4.95. The van der Waals surface area contributed by atoms with Crippen LogP contribution in [0.25, 0.3) is 0 Å². The molecular formula is C19H21N3O4. The smallest absolute Gasteiger partial charge is 0.291 e. The molecule has 2 aliphatic rings. The van der Waals surface area contributed by atoms with Gasteiger partial charge in [0.1, 0.15) is 11.4 Å². The van der Waals surface area contributed by atoms with E-state index in [1.807, 2.05) is 12.1 Å². The van der Waals surface area contributed by atoms with Crippen LogP contribution in [-0.2, 0) is 0 Å². The summed E-state index contributed by atoms with van der Waals surface area (Å²) in [6, 6.07) is 7.20. The molecule has 1 fully saturated rings. The van der Waals surface area contributed by atoms with E-state index >= 15 is 0 Å². The quantitative estimate of drug-likeness (QED) is 0.847. The number of aryl methyl sites for hydroxylation is 2. The Labute approximate surface area is 151 Å². The summed E-state index contributed by atoms with van der Waals surface area (Å²) < 4.78 is 11.8. The number of carbonyl (C=O) groups is 2. The first-order valence-electron chi connectivity index (χ1n) is 8.77. The number of nitrogens with zero attached hydrogens (tertiary/aromatic N) is 2. The Bertz CT molecular complexity index is 875. The average molecular weight is 355 g/mol. The van der Waals surface area contributed by atoms with Gasteiger partial charge >= 0.3 is 0 Å². The van der Waals surface area contributed by atoms with Gasteiger partial charge in [-0.25, -0.2) is 4.98 Å². The molecule has 1 spiro atoms. The standard InChI is InChI=1S/C19H21N3O4/c1-12-16(25-13(2)21-12)18(24)22-9-5-8-19(11-22)10-20-17(23)14-6-3-4-7-15(14)26-19/h3-4,6-7H,5,8-11H2,1-2H3,(H,20,23). The van der Waals surface area contributed by atoms with E-state index in [2.05, 4.69) is 10.3 Å². The highest BCUT2D eigenvalue weighted by molar-refractivity contribution is 5.97. The van der Waals surface area contributed by atoms with Crippen molar-refractivity contribution in [1.29, 1.82) is 0 Å². The zero-order valence-corrected chi connectivity index (χ0v) is 14.9. The lowest BCUT2D eigenvalue weighted by atomic mass is 9.92. The maximum Gasteiger partial charge on any atom is 0.291 e. The van der Waals surface area contributed by atoms with Gasteiger partial charge in [0.25, 0.3) is 11.8 Å². The van der Waals surface area contributed by atoms with E-state index in [4.69, 9.17) is 9.15 Å². The number of oxazole rings is 1. The summed E-state index contributed by atoms with van der Waals surface area (Å²) in [4.78, 5) is 31.1. The molecule has 0 radical (unpaired) electrons. The summed E-state index contributed by atoms with van der Waals surface area (Å²) >= 11 is 0. The summed E-state index contributed by atoms with van der Waals surface area (Å²) in [5.41, 5.74) is 0.473. The van der Waals surface area contributed by atoms with Crippen molar-refractivity contribution in [2.75, 3.05) is 19.6 Å². The van der Waals surface area contributed by atoms with Gasteiger partial charge in [0.05, 0.1) is 24.3 Å². The number of amides is 2. The second kappa shape index (κ2) is 6.16. The average Bonchev–Trinajstić information content (AvgIpc) is 2.91. The van der Waals surface area contributed by atoms with Gasteiger partial charge in [0.2, 0.25) is 5.76 Å². The molecule has 0 saturated carbocycles. The van der Waals surface area contributed by atoms with Crippen LogP contribution in [-0.4, -0.2) is 46.9 Å². The predicted octanol–water partition coefficient (Wildman–Crippen LogP) is 2.09. The molecule has 2 amide bonds. The first-order chi connectivity index (χ1) is 12.5. The SMILES string of the molecule is Cc1nc(C)c(C(=O)N2CCCC3(CNC(=O)c4ccccc4O3)C2)o1. The second-order valence-corrected chi connectivity index (χ2v) is 6.94. The molecule has 0 bridgehead atoms. The van der Waals surface area contributed by atoms with E-state index in [-0.39, 0.29) is 17.6 Å². The van der Waals surface area contributed by atoms with Crippen LogP contribution in [0.5, 0.6) is 5.75 Å². The maximum absolute atomic E-state index is 12.9. The van der Waals surface area contributed by atoms with Crippen LogP contribution >= 0.6 is 0 Å². The minimum Gasteiger partial charge on any atom is -0.483 e. The fourth-order valence-corrected chi connectivity index (χ4v) is 3.72. The third-order valence-corrected chi connectivity index (χ3v) is 4.95. The first kappa shape index (κ1) is 16.6. The number of nitrogens with one attached hydrogen (secondary N) is 1. The van der Waals surface area contributed by atoms with E-state index in [1.165, 1.54) is 0 Å². The largest absolute Gasteiger partial charge is 0.483 e. The Morgan fingerprint density at radius 3 is 2.88 bits per heavy atom. The van der Waals surface area contributed by atoms with Crippen molar-refractivity contribution < 1.29 is 18.7 Å². The number of rotatable bonds is 1.